The van der Waals surface area contributed by atoms with Gasteiger partial charge >= 0.3 is 0 Å². The lowest BCUT2D eigenvalue weighted by Crippen LogP contribution is -1.98. The molecule has 0 fully saturated rings. The van der Waals surface area contributed by atoms with E-state index in [1.807, 2.05) is 11.3 Å². The molecule has 0 N–H and O–H groups in total. The number of rotatable bonds is 10. The lowest BCUT2D eigenvalue weighted by Gasteiger charge is -2.03. The lowest BCUT2D eigenvalue weighted by molar-refractivity contribution is 0.128. The Balaban J connectivity index is 1.84. The first-order chi connectivity index (χ1) is 8.33. The van der Waals surface area contributed by atoms with Crippen molar-refractivity contribution in [3.8, 4) is 0 Å². The van der Waals surface area contributed by atoms with E-state index in [0.717, 1.165) is 25.0 Å². The molecule has 0 unspecified atom stereocenters. The Labute approximate surface area is 118 Å². The molecule has 0 amide bonds. The predicted molar refractivity (Wildman–Crippen MR) is 80.5 cm³/mol. The molecule has 1 aromatic heterocycles. The summed E-state index contributed by atoms with van der Waals surface area (Å²) in [6, 6.07) is 4.44. The fourth-order valence-electron chi connectivity index (χ4n) is 1.72. The molecule has 1 rings (SSSR count). The summed E-state index contributed by atoms with van der Waals surface area (Å²) >= 11 is 5.35. The molecule has 0 aromatic carbocycles. The minimum Gasteiger partial charge on any atom is -0.381 e. The number of thiophene rings is 1. The van der Waals surface area contributed by atoms with Crippen LogP contribution in [0.2, 0.25) is 0 Å². The summed E-state index contributed by atoms with van der Waals surface area (Å²) in [4.78, 5) is 2.90. The van der Waals surface area contributed by atoms with E-state index in [1.165, 1.54) is 41.9 Å². The van der Waals surface area contributed by atoms with E-state index in [4.69, 9.17) is 4.74 Å². The van der Waals surface area contributed by atoms with Crippen molar-refractivity contribution in [3.05, 3.63) is 21.9 Å². The molecule has 17 heavy (non-hydrogen) atoms. The van der Waals surface area contributed by atoms with Crippen molar-refractivity contribution in [2.24, 2.45) is 0 Å². The molecule has 0 saturated carbocycles. The maximum Gasteiger partial charge on any atom is 0.0469 e. The summed E-state index contributed by atoms with van der Waals surface area (Å²) in [5.41, 5.74) is 0. The smallest absolute Gasteiger partial charge is 0.0469 e. The standard InChI is InChI=1S/C14H23BrOS/c1-13-8-9-14(17-13)7-6-12-16-11-5-3-2-4-10-15/h8-9H,2-7,10-12H2,1H3. The molecule has 98 valence electrons. The molecule has 1 aromatic rings. The van der Waals surface area contributed by atoms with Crippen molar-refractivity contribution < 1.29 is 4.74 Å². The van der Waals surface area contributed by atoms with E-state index in [1.54, 1.807) is 0 Å². The van der Waals surface area contributed by atoms with Crippen LogP contribution in [0.3, 0.4) is 0 Å². The molecular weight excluding hydrogens is 296 g/mol. The van der Waals surface area contributed by atoms with E-state index < -0.39 is 0 Å². The highest BCUT2D eigenvalue weighted by Gasteiger charge is 1.97. The molecule has 0 radical (unpaired) electrons. The Kier molecular flexibility index (Phi) is 9.03. The van der Waals surface area contributed by atoms with E-state index in [0.29, 0.717) is 0 Å². The third-order valence-corrected chi connectivity index (χ3v) is 4.30. The van der Waals surface area contributed by atoms with Crippen molar-refractivity contribution >= 4 is 27.3 Å². The highest BCUT2D eigenvalue weighted by Crippen LogP contribution is 2.16. The molecule has 0 aliphatic rings. The number of unbranched alkanes of at least 4 members (excludes halogenated alkanes) is 3. The van der Waals surface area contributed by atoms with Gasteiger partial charge in [-0.25, -0.2) is 0 Å². The minimum absolute atomic E-state index is 0.912. The van der Waals surface area contributed by atoms with Crippen molar-refractivity contribution in [2.75, 3.05) is 18.5 Å². The van der Waals surface area contributed by atoms with Gasteiger partial charge in [0.2, 0.25) is 0 Å². The van der Waals surface area contributed by atoms with Crippen LogP contribution in [0.1, 0.15) is 41.9 Å². The van der Waals surface area contributed by atoms with E-state index in [2.05, 4.69) is 35.0 Å². The van der Waals surface area contributed by atoms with Gasteiger partial charge in [-0.15, -0.1) is 11.3 Å². The van der Waals surface area contributed by atoms with Gasteiger partial charge in [0.1, 0.15) is 0 Å². The zero-order chi connectivity index (χ0) is 12.3. The van der Waals surface area contributed by atoms with Gasteiger partial charge in [-0.05, 0) is 44.7 Å². The van der Waals surface area contributed by atoms with E-state index >= 15 is 0 Å². The highest BCUT2D eigenvalue weighted by atomic mass is 79.9. The maximum atomic E-state index is 5.64. The van der Waals surface area contributed by atoms with Crippen molar-refractivity contribution in [1.82, 2.24) is 0 Å². The number of halogens is 1. The minimum atomic E-state index is 0.912. The molecular formula is C14H23BrOS. The van der Waals surface area contributed by atoms with Gasteiger partial charge in [-0.1, -0.05) is 28.8 Å². The summed E-state index contributed by atoms with van der Waals surface area (Å²) in [5, 5.41) is 1.13. The van der Waals surface area contributed by atoms with Crippen LogP contribution in [0, 0.1) is 6.92 Å². The molecule has 3 heteroatoms. The van der Waals surface area contributed by atoms with Crippen molar-refractivity contribution in [3.63, 3.8) is 0 Å². The summed E-state index contributed by atoms with van der Waals surface area (Å²) in [6.45, 7) is 4.01. The Hall–Kier alpha value is 0.140. The highest BCUT2D eigenvalue weighted by molar-refractivity contribution is 9.09. The van der Waals surface area contributed by atoms with Gasteiger partial charge in [0.05, 0.1) is 0 Å². The summed E-state index contributed by atoms with van der Waals surface area (Å²) in [6.07, 6.45) is 7.45. The average molecular weight is 319 g/mol. The molecule has 0 spiro atoms. The van der Waals surface area contributed by atoms with Crippen LogP contribution in [0.25, 0.3) is 0 Å². The maximum absolute atomic E-state index is 5.64. The second kappa shape index (κ2) is 10.1. The lowest BCUT2D eigenvalue weighted by atomic mass is 10.2. The molecule has 1 heterocycles. The number of alkyl halides is 1. The number of hydrogen-bond acceptors (Lipinski definition) is 2. The first kappa shape index (κ1) is 15.2. The van der Waals surface area contributed by atoms with Crippen LogP contribution in [0.15, 0.2) is 12.1 Å². The van der Waals surface area contributed by atoms with Gasteiger partial charge in [0.15, 0.2) is 0 Å². The predicted octanol–water partition coefficient (Wildman–Crippen LogP) is 4.96. The third kappa shape index (κ3) is 7.96. The van der Waals surface area contributed by atoms with Crippen LogP contribution in [-0.4, -0.2) is 18.5 Å². The second-order valence-electron chi connectivity index (χ2n) is 4.33. The number of hydrogen-bond donors (Lipinski definition) is 0. The third-order valence-electron chi connectivity index (χ3n) is 2.68. The van der Waals surface area contributed by atoms with Gasteiger partial charge in [0.25, 0.3) is 0 Å². The molecule has 0 saturated heterocycles. The summed E-state index contributed by atoms with van der Waals surface area (Å²) in [5.74, 6) is 0. The Morgan fingerprint density at radius 2 is 1.82 bits per heavy atom. The fourth-order valence-corrected chi connectivity index (χ4v) is 3.05. The van der Waals surface area contributed by atoms with Crippen molar-refractivity contribution in [1.29, 1.82) is 0 Å². The zero-order valence-electron chi connectivity index (χ0n) is 10.7. The van der Waals surface area contributed by atoms with Crippen molar-refractivity contribution in [2.45, 2.75) is 45.4 Å². The zero-order valence-corrected chi connectivity index (χ0v) is 13.1. The largest absolute Gasteiger partial charge is 0.381 e. The first-order valence-corrected chi connectivity index (χ1v) is 8.46. The number of aryl methyl sites for hydroxylation is 2. The Morgan fingerprint density at radius 1 is 1.06 bits per heavy atom. The molecule has 0 aliphatic carbocycles. The molecule has 1 nitrogen and oxygen atoms in total. The van der Waals surface area contributed by atoms with Crippen LogP contribution in [-0.2, 0) is 11.2 Å². The quantitative estimate of drug-likeness (QED) is 0.437. The summed E-state index contributed by atoms with van der Waals surface area (Å²) < 4.78 is 5.64. The van der Waals surface area contributed by atoms with Crippen LogP contribution < -0.4 is 0 Å². The fraction of sp³-hybridized carbons (Fsp3) is 0.714. The summed E-state index contributed by atoms with van der Waals surface area (Å²) in [7, 11) is 0. The second-order valence-corrected chi connectivity index (χ2v) is 6.50. The monoisotopic (exact) mass is 318 g/mol. The average Bonchev–Trinajstić information content (AvgIpc) is 2.73. The number of ether oxygens (including phenoxy) is 1. The van der Waals surface area contributed by atoms with E-state index in [9.17, 15) is 0 Å². The first-order valence-electron chi connectivity index (χ1n) is 6.52. The van der Waals surface area contributed by atoms with Crippen LogP contribution in [0.5, 0.6) is 0 Å². The Bertz CT molecular complexity index is 286. The van der Waals surface area contributed by atoms with Crippen LogP contribution in [0.4, 0.5) is 0 Å². The van der Waals surface area contributed by atoms with E-state index in [-0.39, 0.29) is 0 Å². The Morgan fingerprint density at radius 3 is 2.53 bits per heavy atom. The normalized spacial score (nSPS) is 10.9. The van der Waals surface area contributed by atoms with Gasteiger partial charge < -0.3 is 4.74 Å². The molecule has 0 aliphatic heterocycles. The SMILES string of the molecule is Cc1ccc(CCCOCCCCCCBr)s1. The van der Waals surface area contributed by atoms with Crippen LogP contribution >= 0.6 is 27.3 Å². The topological polar surface area (TPSA) is 9.23 Å². The molecule has 0 bridgehead atoms. The van der Waals surface area contributed by atoms with Gasteiger partial charge in [-0.2, -0.15) is 0 Å². The van der Waals surface area contributed by atoms with Gasteiger partial charge in [0, 0.05) is 28.3 Å². The van der Waals surface area contributed by atoms with Gasteiger partial charge in [-0.3, -0.25) is 0 Å². The molecule has 0 atom stereocenters.